The highest BCUT2D eigenvalue weighted by molar-refractivity contribution is 6.30. The highest BCUT2D eigenvalue weighted by atomic mass is 35.5. The molecular formula is C24H22ClFN2O3. The molecule has 4 rings (SSSR count). The second-order valence-corrected chi connectivity index (χ2v) is 8.01. The van der Waals surface area contributed by atoms with Gasteiger partial charge in [-0.15, -0.1) is 0 Å². The molecule has 31 heavy (non-hydrogen) atoms. The zero-order valence-electron chi connectivity index (χ0n) is 16.8. The maximum Gasteiger partial charge on any atom is 0.294 e. The van der Waals surface area contributed by atoms with Crippen molar-refractivity contribution in [2.75, 3.05) is 4.90 Å². The Morgan fingerprint density at radius 1 is 1.03 bits per heavy atom. The summed E-state index contributed by atoms with van der Waals surface area (Å²) in [6.45, 7) is 0. The summed E-state index contributed by atoms with van der Waals surface area (Å²) in [7, 11) is 0. The fraction of sp³-hybridized carbons (Fsp3) is 0.250. The number of carbonyl (C=O) groups excluding carboxylic acids is 2. The van der Waals surface area contributed by atoms with E-state index in [9.17, 15) is 14.0 Å². The molecule has 1 fully saturated rings. The molecule has 0 aliphatic heterocycles. The predicted octanol–water partition coefficient (Wildman–Crippen LogP) is 5.52. The van der Waals surface area contributed by atoms with Crippen molar-refractivity contribution in [3.8, 4) is 0 Å². The molecule has 1 aliphatic carbocycles. The first-order valence-corrected chi connectivity index (χ1v) is 10.6. The summed E-state index contributed by atoms with van der Waals surface area (Å²) in [4.78, 5) is 28.3. The van der Waals surface area contributed by atoms with Gasteiger partial charge >= 0.3 is 0 Å². The van der Waals surface area contributed by atoms with Crippen LogP contribution < -0.4 is 10.2 Å². The van der Waals surface area contributed by atoms with E-state index in [1.807, 2.05) is 0 Å². The molecule has 0 bridgehead atoms. The standard InChI is InChI=1S/C24H22ClFN2O3/c25-17-9-7-16(8-10-17)22(23(29)27-19-4-1-2-5-19)28(20-13-11-18(26)12-14-20)24(30)21-6-3-15-31-21/h3,6-15,19,22H,1-2,4-5H2,(H,27,29)/t22-/m0/s1. The van der Waals surface area contributed by atoms with Gasteiger partial charge in [0.2, 0.25) is 5.91 Å². The minimum absolute atomic E-state index is 0.0658. The van der Waals surface area contributed by atoms with Gasteiger partial charge in [0.25, 0.3) is 5.91 Å². The maximum absolute atomic E-state index is 13.6. The maximum atomic E-state index is 13.6. The predicted molar refractivity (Wildman–Crippen MR) is 117 cm³/mol. The number of amides is 2. The molecule has 1 N–H and O–H groups in total. The van der Waals surface area contributed by atoms with Gasteiger partial charge in [-0.25, -0.2) is 4.39 Å². The van der Waals surface area contributed by atoms with Crippen LogP contribution in [0.25, 0.3) is 0 Å². The van der Waals surface area contributed by atoms with Crippen LogP contribution in [0.2, 0.25) is 5.02 Å². The lowest BCUT2D eigenvalue weighted by Crippen LogP contribution is -2.46. The van der Waals surface area contributed by atoms with E-state index in [1.165, 1.54) is 41.5 Å². The molecular weight excluding hydrogens is 419 g/mol. The number of nitrogens with one attached hydrogen (secondary N) is 1. The third kappa shape index (κ3) is 4.80. The van der Waals surface area contributed by atoms with Crippen molar-refractivity contribution >= 4 is 29.1 Å². The fourth-order valence-corrected chi connectivity index (χ4v) is 4.04. The van der Waals surface area contributed by atoms with Crippen LogP contribution in [0.3, 0.4) is 0 Å². The molecule has 2 aromatic carbocycles. The molecule has 160 valence electrons. The zero-order valence-corrected chi connectivity index (χ0v) is 17.5. The van der Waals surface area contributed by atoms with E-state index in [-0.39, 0.29) is 17.7 Å². The van der Waals surface area contributed by atoms with E-state index in [4.69, 9.17) is 16.0 Å². The summed E-state index contributed by atoms with van der Waals surface area (Å²) >= 11 is 6.05. The van der Waals surface area contributed by atoms with Crippen LogP contribution >= 0.6 is 11.6 Å². The molecule has 5 nitrogen and oxygen atoms in total. The molecule has 0 radical (unpaired) electrons. The van der Waals surface area contributed by atoms with Gasteiger partial charge in [0.1, 0.15) is 11.9 Å². The molecule has 0 spiro atoms. The molecule has 0 saturated heterocycles. The first kappa shape index (κ1) is 21.1. The monoisotopic (exact) mass is 440 g/mol. The Morgan fingerprint density at radius 3 is 2.32 bits per heavy atom. The number of halogens is 2. The number of anilines is 1. The summed E-state index contributed by atoms with van der Waals surface area (Å²) in [5.41, 5.74) is 0.966. The van der Waals surface area contributed by atoms with Crippen molar-refractivity contribution in [2.24, 2.45) is 0 Å². The van der Waals surface area contributed by atoms with Crippen LogP contribution in [0.5, 0.6) is 0 Å². The van der Waals surface area contributed by atoms with Crippen LogP contribution in [-0.4, -0.2) is 17.9 Å². The SMILES string of the molecule is O=C(NC1CCCC1)[C@H](c1ccc(Cl)cc1)N(C(=O)c1ccco1)c1ccc(F)cc1. The van der Waals surface area contributed by atoms with Gasteiger partial charge in [0.15, 0.2) is 5.76 Å². The summed E-state index contributed by atoms with van der Waals surface area (Å²) < 4.78 is 18.9. The molecule has 7 heteroatoms. The topological polar surface area (TPSA) is 62.6 Å². The summed E-state index contributed by atoms with van der Waals surface area (Å²) in [6, 6.07) is 14.5. The Balaban J connectivity index is 1.79. The van der Waals surface area contributed by atoms with Crippen molar-refractivity contribution in [1.29, 1.82) is 0 Å². The number of carbonyl (C=O) groups is 2. The lowest BCUT2D eigenvalue weighted by atomic mass is 10.0. The van der Waals surface area contributed by atoms with Gasteiger partial charge in [0, 0.05) is 16.8 Å². The number of hydrogen-bond donors (Lipinski definition) is 1. The van der Waals surface area contributed by atoms with Crippen molar-refractivity contribution in [1.82, 2.24) is 5.32 Å². The highest BCUT2D eigenvalue weighted by Gasteiger charge is 2.35. The Labute approximate surface area is 184 Å². The van der Waals surface area contributed by atoms with Crippen molar-refractivity contribution in [2.45, 2.75) is 37.8 Å². The Kier molecular flexibility index (Phi) is 6.37. The minimum Gasteiger partial charge on any atom is -0.459 e. The van der Waals surface area contributed by atoms with Gasteiger partial charge in [-0.3, -0.25) is 14.5 Å². The minimum atomic E-state index is -0.985. The lowest BCUT2D eigenvalue weighted by molar-refractivity contribution is -0.123. The normalized spacial score (nSPS) is 14.9. The number of hydrogen-bond acceptors (Lipinski definition) is 3. The Morgan fingerprint density at radius 2 is 1.71 bits per heavy atom. The fourth-order valence-electron chi connectivity index (χ4n) is 3.92. The first-order chi connectivity index (χ1) is 15.0. The van der Waals surface area contributed by atoms with Gasteiger partial charge < -0.3 is 9.73 Å². The quantitative estimate of drug-likeness (QED) is 0.549. The van der Waals surface area contributed by atoms with Crippen LogP contribution in [0, 0.1) is 5.82 Å². The number of nitrogens with zero attached hydrogens (tertiary/aromatic N) is 1. The van der Waals surface area contributed by atoms with Crippen molar-refractivity contribution in [3.05, 3.63) is 89.1 Å². The van der Waals surface area contributed by atoms with Gasteiger partial charge in [-0.2, -0.15) is 0 Å². The molecule has 2 amide bonds. The van der Waals surface area contributed by atoms with Crippen molar-refractivity contribution < 1.29 is 18.4 Å². The van der Waals surface area contributed by atoms with E-state index >= 15 is 0 Å². The van der Waals surface area contributed by atoms with Gasteiger partial charge in [0.05, 0.1) is 6.26 Å². The van der Waals surface area contributed by atoms with E-state index < -0.39 is 17.8 Å². The average molecular weight is 441 g/mol. The third-order valence-electron chi connectivity index (χ3n) is 5.45. The van der Waals surface area contributed by atoms with Gasteiger partial charge in [-0.05, 0) is 66.9 Å². The number of furan rings is 1. The van der Waals surface area contributed by atoms with Crippen LogP contribution in [0.15, 0.2) is 71.3 Å². The summed E-state index contributed by atoms with van der Waals surface area (Å²) in [5.74, 6) is -1.17. The molecule has 1 atom stereocenters. The van der Waals surface area contributed by atoms with Crippen molar-refractivity contribution in [3.63, 3.8) is 0 Å². The Hall–Kier alpha value is -3.12. The van der Waals surface area contributed by atoms with E-state index in [2.05, 4.69) is 5.32 Å². The zero-order chi connectivity index (χ0) is 21.8. The summed E-state index contributed by atoms with van der Waals surface area (Å²) in [5, 5.41) is 3.60. The molecule has 1 saturated carbocycles. The number of rotatable bonds is 6. The first-order valence-electron chi connectivity index (χ1n) is 10.2. The summed E-state index contributed by atoms with van der Waals surface area (Å²) in [6.07, 6.45) is 5.32. The molecule has 0 unspecified atom stereocenters. The van der Waals surface area contributed by atoms with E-state index in [0.717, 1.165) is 25.7 Å². The molecule has 1 aliphatic rings. The third-order valence-corrected chi connectivity index (χ3v) is 5.70. The van der Waals surface area contributed by atoms with Crippen LogP contribution in [-0.2, 0) is 4.79 Å². The highest BCUT2D eigenvalue weighted by Crippen LogP contribution is 2.31. The molecule has 1 heterocycles. The lowest BCUT2D eigenvalue weighted by Gasteiger charge is -2.31. The Bertz CT molecular complexity index is 1030. The average Bonchev–Trinajstić information content (AvgIpc) is 3.47. The largest absolute Gasteiger partial charge is 0.459 e. The number of benzene rings is 2. The smallest absolute Gasteiger partial charge is 0.294 e. The second kappa shape index (κ2) is 9.35. The van der Waals surface area contributed by atoms with E-state index in [0.29, 0.717) is 16.3 Å². The van der Waals surface area contributed by atoms with E-state index in [1.54, 1.807) is 30.3 Å². The second-order valence-electron chi connectivity index (χ2n) is 7.57. The molecule has 1 aromatic heterocycles. The van der Waals surface area contributed by atoms with Crippen LogP contribution in [0.1, 0.15) is 47.8 Å². The van der Waals surface area contributed by atoms with Gasteiger partial charge in [-0.1, -0.05) is 36.6 Å². The van der Waals surface area contributed by atoms with Crippen LogP contribution in [0.4, 0.5) is 10.1 Å². The molecule has 3 aromatic rings.